The van der Waals surface area contributed by atoms with Gasteiger partial charge in [-0.1, -0.05) is 49.6 Å². The molecule has 3 aliphatic rings. The second-order valence-corrected chi connectivity index (χ2v) is 9.22. The van der Waals surface area contributed by atoms with Crippen LogP contribution in [-0.4, -0.2) is 40.6 Å². The maximum atomic E-state index is 12.6. The van der Waals surface area contributed by atoms with Gasteiger partial charge in [0.15, 0.2) is 0 Å². The molecule has 4 rings (SSSR count). The molecule has 0 radical (unpaired) electrons. The molecule has 1 aliphatic heterocycles. The molecule has 1 amide bonds. The fraction of sp³-hybridized carbons (Fsp3) is 0.696. The van der Waals surface area contributed by atoms with Crippen LogP contribution in [0.1, 0.15) is 69.9 Å². The Hall–Kier alpha value is -1.39. The molecule has 3 atom stereocenters. The Balaban J connectivity index is 1.60. The normalized spacial score (nSPS) is 33.0. The number of benzene rings is 1. The number of carbonyl (C=O) groups is 1. The SMILES string of the molecule is C[C@@]1(O)CCN(CC2CCCCC2)[C@@H](c2ccccc2)[C@@H]1NC(=O)C1CC1. The average molecular weight is 371 g/mol. The summed E-state index contributed by atoms with van der Waals surface area (Å²) in [6.07, 6.45) is 9.36. The first-order chi connectivity index (χ1) is 13.0. The van der Waals surface area contributed by atoms with Gasteiger partial charge in [-0.2, -0.15) is 0 Å². The largest absolute Gasteiger partial charge is 0.388 e. The summed E-state index contributed by atoms with van der Waals surface area (Å²) in [7, 11) is 0. The number of hydrogen-bond donors (Lipinski definition) is 2. The van der Waals surface area contributed by atoms with E-state index in [1.165, 1.54) is 37.7 Å². The Morgan fingerprint density at radius 2 is 1.85 bits per heavy atom. The minimum Gasteiger partial charge on any atom is -0.388 e. The predicted octanol–water partition coefficient (Wildman–Crippen LogP) is 3.66. The molecule has 1 heterocycles. The fourth-order valence-electron chi connectivity index (χ4n) is 5.03. The minimum absolute atomic E-state index is 0.0413. The van der Waals surface area contributed by atoms with Crippen LogP contribution in [0, 0.1) is 11.8 Å². The van der Waals surface area contributed by atoms with Gasteiger partial charge in [-0.05, 0) is 50.5 Å². The highest BCUT2D eigenvalue weighted by Gasteiger charge is 2.47. The van der Waals surface area contributed by atoms with Gasteiger partial charge in [-0.3, -0.25) is 9.69 Å². The topological polar surface area (TPSA) is 52.6 Å². The van der Waals surface area contributed by atoms with E-state index in [4.69, 9.17) is 0 Å². The lowest BCUT2D eigenvalue weighted by molar-refractivity contribution is -0.130. The number of hydrogen-bond acceptors (Lipinski definition) is 3. The first-order valence-electron chi connectivity index (χ1n) is 10.9. The highest BCUT2D eigenvalue weighted by molar-refractivity contribution is 5.81. The van der Waals surface area contributed by atoms with E-state index in [2.05, 4.69) is 34.5 Å². The van der Waals surface area contributed by atoms with E-state index in [1.54, 1.807) is 0 Å². The number of nitrogens with one attached hydrogen (secondary N) is 1. The number of carbonyl (C=O) groups excluding carboxylic acids is 1. The number of aliphatic hydroxyl groups is 1. The minimum atomic E-state index is -0.881. The van der Waals surface area contributed by atoms with Gasteiger partial charge >= 0.3 is 0 Å². The van der Waals surface area contributed by atoms with E-state index < -0.39 is 5.60 Å². The van der Waals surface area contributed by atoms with E-state index in [1.807, 2.05) is 13.0 Å². The van der Waals surface area contributed by atoms with Crippen LogP contribution in [0.5, 0.6) is 0 Å². The standard InChI is InChI=1S/C23H34N2O2/c1-23(27)14-15-25(16-17-8-4-2-5-9-17)20(18-10-6-3-7-11-18)21(23)24-22(26)19-12-13-19/h3,6-7,10-11,17,19-21,27H,2,4-5,8-9,12-16H2,1H3,(H,24,26)/t20-,21-,23+/m0/s1. The predicted molar refractivity (Wildman–Crippen MR) is 107 cm³/mol. The molecule has 2 N–H and O–H groups in total. The van der Waals surface area contributed by atoms with Crippen molar-refractivity contribution in [3.8, 4) is 0 Å². The number of nitrogens with zero attached hydrogens (tertiary/aromatic N) is 1. The Kier molecular flexibility index (Phi) is 5.56. The molecule has 148 valence electrons. The highest BCUT2D eigenvalue weighted by Crippen LogP contribution is 2.39. The Bertz CT molecular complexity index is 635. The third-order valence-electron chi connectivity index (χ3n) is 6.89. The summed E-state index contributed by atoms with van der Waals surface area (Å²) in [5, 5.41) is 14.5. The van der Waals surface area contributed by atoms with Crippen LogP contribution in [0.4, 0.5) is 0 Å². The third kappa shape index (κ3) is 4.38. The quantitative estimate of drug-likeness (QED) is 0.832. The van der Waals surface area contributed by atoms with Gasteiger partial charge in [-0.25, -0.2) is 0 Å². The van der Waals surface area contributed by atoms with Crippen LogP contribution < -0.4 is 5.32 Å². The fourth-order valence-corrected chi connectivity index (χ4v) is 5.03. The third-order valence-corrected chi connectivity index (χ3v) is 6.89. The van der Waals surface area contributed by atoms with Gasteiger partial charge < -0.3 is 10.4 Å². The second-order valence-electron chi connectivity index (χ2n) is 9.22. The van der Waals surface area contributed by atoms with E-state index in [0.29, 0.717) is 6.42 Å². The van der Waals surface area contributed by atoms with E-state index in [-0.39, 0.29) is 23.9 Å². The zero-order chi connectivity index (χ0) is 18.9. The van der Waals surface area contributed by atoms with Gasteiger partial charge in [0.1, 0.15) is 0 Å². The molecule has 0 unspecified atom stereocenters. The first-order valence-corrected chi connectivity index (χ1v) is 10.9. The van der Waals surface area contributed by atoms with Crippen molar-refractivity contribution < 1.29 is 9.90 Å². The summed E-state index contributed by atoms with van der Waals surface area (Å²) in [6.45, 7) is 3.86. The summed E-state index contributed by atoms with van der Waals surface area (Å²) in [5.41, 5.74) is 0.322. The zero-order valence-electron chi connectivity index (χ0n) is 16.6. The molecule has 1 saturated heterocycles. The van der Waals surface area contributed by atoms with Crippen molar-refractivity contribution in [1.29, 1.82) is 0 Å². The average Bonchev–Trinajstić information content (AvgIpc) is 3.51. The summed E-state index contributed by atoms with van der Waals surface area (Å²) in [4.78, 5) is 15.1. The van der Waals surface area contributed by atoms with Crippen molar-refractivity contribution in [1.82, 2.24) is 10.2 Å². The second kappa shape index (κ2) is 7.92. The Labute approximate surface area is 163 Å². The van der Waals surface area contributed by atoms with E-state index in [9.17, 15) is 9.90 Å². The van der Waals surface area contributed by atoms with Crippen LogP contribution in [0.15, 0.2) is 30.3 Å². The van der Waals surface area contributed by atoms with Crippen molar-refractivity contribution >= 4 is 5.91 Å². The van der Waals surface area contributed by atoms with Crippen molar-refractivity contribution in [3.63, 3.8) is 0 Å². The molecule has 4 nitrogen and oxygen atoms in total. The van der Waals surface area contributed by atoms with Crippen molar-refractivity contribution in [3.05, 3.63) is 35.9 Å². The smallest absolute Gasteiger partial charge is 0.223 e. The lowest BCUT2D eigenvalue weighted by Crippen LogP contribution is -2.63. The Morgan fingerprint density at radius 1 is 1.15 bits per heavy atom. The van der Waals surface area contributed by atoms with Crippen LogP contribution in [0.25, 0.3) is 0 Å². The van der Waals surface area contributed by atoms with Gasteiger partial charge in [0.25, 0.3) is 0 Å². The lowest BCUT2D eigenvalue weighted by Gasteiger charge is -2.50. The van der Waals surface area contributed by atoms with Gasteiger partial charge in [0, 0.05) is 19.0 Å². The van der Waals surface area contributed by atoms with Crippen LogP contribution in [0.3, 0.4) is 0 Å². The Morgan fingerprint density at radius 3 is 2.52 bits per heavy atom. The van der Waals surface area contributed by atoms with Crippen molar-refractivity contribution in [2.24, 2.45) is 11.8 Å². The van der Waals surface area contributed by atoms with E-state index in [0.717, 1.165) is 31.8 Å². The van der Waals surface area contributed by atoms with Crippen molar-refractivity contribution in [2.75, 3.05) is 13.1 Å². The monoisotopic (exact) mass is 370 g/mol. The summed E-state index contributed by atoms with van der Waals surface area (Å²) >= 11 is 0. The first kappa shape index (κ1) is 18.9. The molecular formula is C23H34N2O2. The lowest BCUT2D eigenvalue weighted by atomic mass is 9.78. The summed E-state index contributed by atoms with van der Waals surface area (Å²) < 4.78 is 0. The number of amides is 1. The van der Waals surface area contributed by atoms with Crippen LogP contribution in [-0.2, 0) is 4.79 Å². The zero-order valence-corrected chi connectivity index (χ0v) is 16.6. The van der Waals surface area contributed by atoms with Gasteiger partial charge in [0.05, 0.1) is 17.7 Å². The molecule has 3 fully saturated rings. The van der Waals surface area contributed by atoms with Crippen molar-refractivity contribution in [2.45, 2.75) is 76.0 Å². The summed E-state index contributed by atoms with van der Waals surface area (Å²) in [6, 6.07) is 10.2. The molecule has 4 heteroatoms. The maximum Gasteiger partial charge on any atom is 0.223 e. The molecular weight excluding hydrogens is 336 g/mol. The molecule has 0 bridgehead atoms. The van der Waals surface area contributed by atoms with Crippen LogP contribution >= 0.6 is 0 Å². The molecule has 2 aliphatic carbocycles. The molecule has 1 aromatic rings. The molecule has 0 aromatic heterocycles. The maximum absolute atomic E-state index is 12.6. The van der Waals surface area contributed by atoms with Gasteiger partial charge in [0.2, 0.25) is 5.91 Å². The molecule has 27 heavy (non-hydrogen) atoms. The molecule has 0 spiro atoms. The number of rotatable bonds is 5. The number of likely N-dealkylation sites (tertiary alicyclic amines) is 1. The molecule has 2 saturated carbocycles. The molecule has 1 aromatic carbocycles. The summed E-state index contributed by atoms with van der Waals surface area (Å²) in [5.74, 6) is 1.03. The van der Waals surface area contributed by atoms with E-state index >= 15 is 0 Å². The number of piperidine rings is 1. The van der Waals surface area contributed by atoms with Crippen LogP contribution in [0.2, 0.25) is 0 Å². The van der Waals surface area contributed by atoms with Gasteiger partial charge in [-0.15, -0.1) is 0 Å². The highest BCUT2D eigenvalue weighted by atomic mass is 16.3.